The molecule has 10 heteroatoms. The van der Waals surface area contributed by atoms with E-state index >= 15 is 0 Å². The van der Waals surface area contributed by atoms with Crippen molar-refractivity contribution in [3.05, 3.63) is 24.3 Å². The van der Waals surface area contributed by atoms with Crippen LogP contribution in [0.5, 0.6) is 0 Å². The highest BCUT2D eigenvalue weighted by atomic mass is 16.6. The van der Waals surface area contributed by atoms with Gasteiger partial charge in [0.1, 0.15) is 22.3 Å². The Morgan fingerprint density at radius 1 is 0.711 bits per heavy atom. The Kier molecular flexibility index (Phi) is 11.7. The van der Waals surface area contributed by atoms with Crippen molar-refractivity contribution in [2.75, 3.05) is 13.2 Å². The maximum Gasteiger partial charge on any atom is 0.326 e. The molecule has 0 radical (unpaired) electrons. The normalized spacial score (nSPS) is 26.9. The van der Waals surface area contributed by atoms with E-state index in [9.17, 15) is 19.2 Å². The molecule has 0 bridgehead atoms. The van der Waals surface area contributed by atoms with Crippen LogP contribution in [0.25, 0.3) is 0 Å². The van der Waals surface area contributed by atoms with Crippen LogP contribution in [0.15, 0.2) is 24.3 Å². The molecule has 0 aromatic rings. The van der Waals surface area contributed by atoms with Gasteiger partial charge in [-0.05, 0) is 81.1 Å². The highest BCUT2D eigenvalue weighted by molar-refractivity contribution is 5.84. The lowest BCUT2D eigenvalue weighted by molar-refractivity contribution is -0.162. The van der Waals surface area contributed by atoms with Crippen molar-refractivity contribution in [3.8, 4) is 0 Å². The lowest BCUT2D eigenvalue weighted by Crippen LogP contribution is -2.52. The van der Waals surface area contributed by atoms with Gasteiger partial charge < -0.3 is 30.4 Å². The lowest BCUT2D eigenvalue weighted by Gasteiger charge is -2.32. The summed E-state index contributed by atoms with van der Waals surface area (Å²) in [5, 5.41) is 0. The minimum atomic E-state index is -1.13. The van der Waals surface area contributed by atoms with Gasteiger partial charge in [0, 0.05) is 0 Å². The SMILES string of the molecule is CCOC(=O)[C@@]1(N)CC=C[C@@H](C(=O)OC(C)(C)C)C1.CCOC(=O)[C@]1(N)CC=C[C@H](C(=O)OC(C)(C)C)C1. The predicted molar refractivity (Wildman–Crippen MR) is 143 cm³/mol. The first-order chi connectivity index (χ1) is 17.4. The summed E-state index contributed by atoms with van der Waals surface area (Å²) in [6, 6.07) is 0. The molecule has 0 aliphatic heterocycles. The van der Waals surface area contributed by atoms with Crippen LogP contribution in [0, 0.1) is 11.8 Å². The van der Waals surface area contributed by atoms with Gasteiger partial charge in [0.2, 0.25) is 0 Å². The molecule has 0 amide bonds. The zero-order valence-electron chi connectivity index (χ0n) is 24.1. The van der Waals surface area contributed by atoms with E-state index in [-0.39, 0.29) is 38.0 Å². The topological polar surface area (TPSA) is 157 Å². The Bertz CT molecular complexity index is 841. The monoisotopic (exact) mass is 538 g/mol. The van der Waals surface area contributed by atoms with E-state index in [4.69, 9.17) is 30.4 Å². The molecule has 0 aromatic carbocycles. The van der Waals surface area contributed by atoms with Gasteiger partial charge in [-0.3, -0.25) is 19.2 Å². The average molecular weight is 539 g/mol. The number of carbonyl (C=O) groups excluding carboxylic acids is 4. The zero-order valence-corrected chi connectivity index (χ0v) is 24.1. The highest BCUT2D eigenvalue weighted by Crippen LogP contribution is 2.30. The zero-order chi connectivity index (χ0) is 29.4. The molecule has 0 heterocycles. The van der Waals surface area contributed by atoms with E-state index in [1.54, 1.807) is 79.7 Å². The van der Waals surface area contributed by atoms with Crippen LogP contribution in [-0.4, -0.2) is 59.4 Å². The number of nitrogens with two attached hydrogens (primary N) is 2. The molecule has 0 aromatic heterocycles. The van der Waals surface area contributed by atoms with Gasteiger partial charge in [0.05, 0.1) is 25.0 Å². The van der Waals surface area contributed by atoms with Crippen molar-refractivity contribution < 1.29 is 38.1 Å². The van der Waals surface area contributed by atoms with E-state index in [2.05, 4.69) is 0 Å². The molecule has 0 unspecified atom stereocenters. The van der Waals surface area contributed by atoms with Crippen LogP contribution < -0.4 is 11.5 Å². The first kappa shape index (κ1) is 33.3. The van der Waals surface area contributed by atoms with E-state index in [0.29, 0.717) is 12.8 Å². The van der Waals surface area contributed by atoms with Gasteiger partial charge in [0.25, 0.3) is 0 Å². The third-order valence-electron chi connectivity index (χ3n) is 5.65. The molecule has 0 saturated heterocycles. The molecule has 4 N–H and O–H groups in total. The molecule has 0 spiro atoms. The van der Waals surface area contributed by atoms with Crippen molar-refractivity contribution in [3.63, 3.8) is 0 Å². The first-order valence-electron chi connectivity index (χ1n) is 13.1. The maximum atomic E-state index is 12.0. The van der Waals surface area contributed by atoms with E-state index in [1.807, 2.05) is 0 Å². The lowest BCUT2D eigenvalue weighted by atomic mass is 9.80. The second-order valence-corrected chi connectivity index (χ2v) is 11.7. The summed E-state index contributed by atoms with van der Waals surface area (Å²) in [7, 11) is 0. The first-order valence-corrected chi connectivity index (χ1v) is 13.1. The molecule has 4 atom stereocenters. The summed E-state index contributed by atoms with van der Waals surface area (Å²) >= 11 is 0. The highest BCUT2D eigenvalue weighted by Gasteiger charge is 2.42. The maximum absolute atomic E-state index is 12.0. The Morgan fingerprint density at radius 2 is 1.03 bits per heavy atom. The molecule has 10 nitrogen and oxygen atoms in total. The third-order valence-corrected chi connectivity index (χ3v) is 5.65. The van der Waals surface area contributed by atoms with Gasteiger partial charge in [-0.1, -0.05) is 24.3 Å². The molecule has 0 fully saturated rings. The molecule has 2 aliphatic rings. The summed E-state index contributed by atoms with van der Waals surface area (Å²) < 4.78 is 20.6. The fourth-order valence-electron chi connectivity index (χ4n) is 3.93. The Morgan fingerprint density at radius 3 is 1.29 bits per heavy atom. The Hall–Kier alpha value is -2.72. The van der Waals surface area contributed by atoms with Crippen molar-refractivity contribution in [1.29, 1.82) is 0 Å². The summed E-state index contributed by atoms with van der Waals surface area (Å²) in [6.45, 7) is 14.8. The minimum Gasteiger partial charge on any atom is -0.465 e. The van der Waals surface area contributed by atoms with Gasteiger partial charge in [-0.25, -0.2) is 0 Å². The second kappa shape index (κ2) is 13.4. The standard InChI is InChI=1S/2C14H23NO4/c2*1-5-18-12(17)14(15)8-6-7-10(9-14)11(16)19-13(2,3)4/h2*6-7,10H,5,8-9,15H2,1-4H3/t2*10-,14-/m10/s1. The van der Waals surface area contributed by atoms with Crippen molar-refractivity contribution in [1.82, 2.24) is 0 Å². The quantitative estimate of drug-likeness (QED) is 0.292. The van der Waals surface area contributed by atoms with Crippen molar-refractivity contribution in [2.24, 2.45) is 23.3 Å². The fourth-order valence-corrected chi connectivity index (χ4v) is 3.93. The second-order valence-electron chi connectivity index (χ2n) is 11.7. The van der Waals surface area contributed by atoms with E-state index in [1.165, 1.54) is 0 Å². The van der Waals surface area contributed by atoms with Crippen LogP contribution in [0.3, 0.4) is 0 Å². The summed E-state index contributed by atoms with van der Waals surface area (Å²) in [5.74, 6) is -2.64. The van der Waals surface area contributed by atoms with Crippen LogP contribution in [0.1, 0.15) is 81.1 Å². The van der Waals surface area contributed by atoms with Gasteiger partial charge in [-0.2, -0.15) is 0 Å². The van der Waals surface area contributed by atoms with Gasteiger partial charge in [0.15, 0.2) is 0 Å². The predicted octanol–water partition coefficient (Wildman–Crippen LogP) is 3.11. The van der Waals surface area contributed by atoms with Crippen LogP contribution in [0.4, 0.5) is 0 Å². The molecular formula is C28H46N2O8. The molecule has 216 valence electrons. The summed E-state index contributed by atoms with van der Waals surface area (Å²) in [4.78, 5) is 47.7. The number of rotatable bonds is 6. The third kappa shape index (κ3) is 10.6. The molecule has 0 saturated carbocycles. The number of hydrogen-bond acceptors (Lipinski definition) is 10. The molecular weight excluding hydrogens is 492 g/mol. The Labute approximate surface area is 226 Å². The molecule has 2 aliphatic carbocycles. The van der Waals surface area contributed by atoms with Crippen molar-refractivity contribution >= 4 is 23.9 Å². The van der Waals surface area contributed by atoms with Gasteiger partial charge >= 0.3 is 23.9 Å². The van der Waals surface area contributed by atoms with Crippen LogP contribution in [-0.2, 0) is 38.1 Å². The largest absolute Gasteiger partial charge is 0.465 e. The Balaban J connectivity index is 0.000000380. The fraction of sp³-hybridized carbons (Fsp3) is 0.714. The van der Waals surface area contributed by atoms with E-state index in [0.717, 1.165) is 0 Å². The molecule has 38 heavy (non-hydrogen) atoms. The smallest absolute Gasteiger partial charge is 0.326 e. The number of hydrogen-bond donors (Lipinski definition) is 2. The number of ether oxygens (including phenoxy) is 4. The van der Waals surface area contributed by atoms with Crippen LogP contribution in [0.2, 0.25) is 0 Å². The molecule has 2 rings (SSSR count). The number of esters is 4. The summed E-state index contributed by atoms with van der Waals surface area (Å²) in [5.41, 5.74) is 8.72. The van der Waals surface area contributed by atoms with E-state index < -0.39 is 46.1 Å². The van der Waals surface area contributed by atoms with Crippen molar-refractivity contribution in [2.45, 2.75) is 103 Å². The van der Waals surface area contributed by atoms with Gasteiger partial charge in [-0.15, -0.1) is 0 Å². The summed E-state index contributed by atoms with van der Waals surface area (Å²) in [6.07, 6.45) is 8.19. The van der Waals surface area contributed by atoms with Crippen LogP contribution >= 0.6 is 0 Å². The minimum absolute atomic E-state index is 0.219. The number of carbonyl (C=O) groups is 4. The average Bonchev–Trinajstić information content (AvgIpc) is 2.78.